The van der Waals surface area contributed by atoms with Gasteiger partial charge in [0.1, 0.15) is 17.4 Å². The molecule has 0 aliphatic rings. The zero-order valence-electron chi connectivity index (χ0n) is 11.2. The van der Waals surface area contributed by atoms with Crippen LogP contribution in [0.5, 0.6) is 5.75 Å². The molecule has 0 aliphatic carbocycles. The van der Waals surface area contributed by atoms with Crippen molar-refractivity contribution in [3.63, 3.8) is 0 Å². The summed E-state index contributed by atoms with van der Waals surface area (Å²) in [5.41, 5.74) is 5.31. The third kappa shape index (κ3) is 5.79. The summed E-state index contributed by atoms with van der Waals surface area (Å²) in [4.78, 5) is 0. The van der Waals surface area contributed by atoms with Gasteiger partial charge in [-0.3, -0.25) is 0 Å². The Bertz CT molecular complexity index is 429. The minimum atomic E-state index is -4.41. The van der Waals surface area contributed by atoms with E-state index in [2.05, 4.69) is 0 Å². The van der Waals surface area contributed by atoms with Crippen LogP contribution in [-0.2, 0) is 0 Å². The van der Waals surface area contributed by atoms with Gasteiger partial charge in [-0.1, -0.05) is 24.3 Å². The van der Waals surface area contributed by atoms with E-state index >= 15 is 0 Å². The van der Waals surface area contributed by atoms with Gasteiger partial charge in [-0.25, -0.2) is 0 Å². The van der Waals surface area contributed by atoms with E-state index in [1.54, 1.807) is 24.3 Å². The summed E-state index contributed by atoms with van der Waals surface area (Å²) in [6.45, 7) is 5.76. The molecule has 19 heavy (non-hydrogen) atoms. The fraction of sp³-hybridized carbons (Fsp3) is 0.429. The summed E-state index contributed by atoms with van der Waals surface area (Å²) in [6, 6.07) is 4.84. The lowest BCUT2D eigenvalue weighted by molar-refractivity contribution is -0.136. The molecular formula is C14H18F3NO. The van der Waals surface area contributed by atoms with Crippen LogP contribution in [0.3, 0.4) is 0 Å². The molecule has 0 unspecified atom stereocenters. The standard InChI is InChI=1S/C14H18F3NO/c1-13(2,3)19-11-7-4-10(5-8-11)6-9-12(18)14(15,16)17/h4-9,12H,18H2,1-3H3/t12-/m0/s1. The van der Waals surface area contributed by atoms with E-state index in [9.17, 15) is 13.2 Å². The van der Waals surface area contributed by atoms with Gasteiger partial charge in [0.25, 0.3) is 0 Å². The highest BCUT2D eigenvalue weighted by atomic mass is 19.4. The summed E-state index contributed by atoms with van der Waals surface area (Å²) in [5, 5.41) is 0. The molecule has 1 aromatic carbocycles. The van der Waals surface area contributed by atoms with Crippen molar-refractivity contribution in [2.24, 2.45) is 5.73 Å². The van der Waals surface area contributed by atoms with Gasteiger partial charge in [-0.05, 0) is 38.5 Å². The molecule has 0 fully saturated rings. The largest absolute Gasteiger partial charge is 0.488 e. The summed E-state index contributed by atoms with van der Waals surface area (Å²) in [5.74, 6) is 0.671. The number of halogens is 3. The van der Waals surface area contributed by atoms with E-state index in [-0.39, 0.29) is 5.60 Å². The van der Waals surface area contributed by atoms with Crippen LogP contribution in [0.1, 0.15) is 26.3 Å². The van der Waals surface area contributed by atoms with E-state index in [0.29, 0.717) is 11.3 Å². The van der Waals surface area contributed by atoms with Crippen LogP contribution in [0, 0.1) is 0 Å². The predicted octanol–water partition coefficient (Wildman–Crippen LogP) is 3.77. The third-order valence-electron chi connectivity index (χ3n) is 2.18. The second kappa shape index (κ2) is 5.65. The van der Waals surface area contributed by atoms with Gasteiger partial charge in [0, 0.05) is 0 Å². The first-order valence-corrected chi connectivity index (χ1v) is 5.87. The molecule has 5 heteroatoms. The second-order valence-corrected chi connectivity index (χ2v) is 5.21. The molecule has 0 amide bonds. The summed E-state index contributed by atoms with van der Waals surface area (Å²) < 4.78 is 42.2. The minimum absolute atomic E-state index is 0.310. The van der Waals surface area contributed by atoms with E-state index in [1.807, 2.05) is 20.8 Å². The first kappa shape index (κ1) is 15.6. The van der Waals surface area contributed by atoms with Crippen LogP contribution in [0.2, 0.25) is 0 Å². The number of benzene rings is 1. The molecule has 1 rings (SSSR count). The maximum Gasteiger partial charge on any atom is 0.407 e. The molecule has 0 saturated carbocycles. The fourth-order valence-corrected chi connectivity index (χ4v) is 1.32. The molecule has 1 aromatic rings. The van der Waals surface area contributed by atoms with Crippen molar-refractivity contribution in [1.29, 1.82) is 0 Å². The van der Waals surface area contributed by atoms with E-state index in [4.69, 9.17) is 10.5 Å². The Morgan fingerprint density at radius 3 is 2.05 bits per heavy atom. The molecule has 0 aromatic heterocycles. The molecule has 0 saturated heterocycles. The number of hydrogen-bond acceptors (Lipinski definition) is 2. The van der Waals surface area contributed by atoms with Crippen LogP contribution in [0.15, 0.2) is 30.3 Å². The van der Waals surface area contributed by atoms with Crippen LogP contribution in [0.4, 0.5) is 13.2 Å². The van der Waals surface area contributed by atoms with E-state index in [1.165, 1.54) is 6.08 Å². The summed E-state index contributed by atoms with van der Waals surface area (Å²) >= 11 is 0. The quantitative estimate of drug-likeness (QED) is 0.910. The Morgan fingerprint density at radius 1 is 1.11 bits per heavy atom. The fourth-order valence-electron chi connectivity index (χ4n) is 1.32. The predicted molar refractivity (Wildman–Crippen MR) is 69.9 cm³/mol. The van der Waals surface area contributed by atoms with Gasteiger partial charge in [-0.2, -0.15) is 13.2 Å². The highest BCUT2D eigenvalue weighted by Crippen LogP contribution is 2.21. The zero-order chi connectivity index (χ0) is 14.7. The molecule has 2 nitrogen and oxygen atoms in total. The molecule has 0 bridgehead atoms. The van der Waals surface area contributed by atoms with Crippen LogP contribution < -0.4 is 10.5 Å². The van der Waals surface area contributed by atoms with Gasteiger partial charge < -0.3 is 10.5 Å². The van der Waals surface area contributed by atoms with Crippen LogP contribution >= 0.6 is 0 Å². The van der Waals surface area contributed by atoms with E-state index in [0.717, 1.165) is 6.08 Å². The Morgan fingerprint density at radius 2 is 1.63 bits per heavy atom. The van der Waals surface area contributed by atoms with Crippen LogP contribution in [-0.4, -0.2) is 17.8 Å². The Hall–Kier alpha value is -1.49. The molecule has 0 heterocycles. The second-order valence-electron chi connectivity index (χ2n) is 5.21. The van der Waals surface area contributed by atoms with Crippen molar-refractivity contribution in [3.8, 4) is 5.75 Å². The van der Waals surface area contributed by atoms with Gasteiger partial charge in [0.15, 0.2) is 0 Å². The maximum atomic E-state index is 12.2. The van der Waals surface area contributed by atoms with E-state index < -0.39 is 12.2 Å². The van der Waals surface area contributed by atoms with Gasteiger partial charge in [0.05, 0.1) is 0 Å². The Kier molecular flexibility index (Phi) is 4.63. The van der Waals surface area contributed by atoms with Gasteiger partial charge in [-0.15, -0.1) is 0 Å². The zero-order valence-corrected chi connectivity index (χ0v) is 11.2. The molecule has 106 valence electrons. The lowest BCUT2D eigenvalue weighted by Crippen LogP contribution is -2.35. The average molecular weight is 273 g/mol. The lowest BCUT2D eigenvalue weighted by Gasteiger charge is -2.21. The average Bonchev–Trinajstić information content (AvgIpc) is 2.24. The number of ether oxygens (including phenoxy) is 1. The first-order valence-electron chi connectivity index (χ1n) is 5.87. The highest BCUT2D eigenvalue weighted by Gasteiger charge is 2.34. The molecular weight excluding hydrogens is 255 g/mol. The molecule has 0 aliphatic heterocycles. The molecule has 0 spiro atoms. The SMILES string of the molecule is CC(C)(C)Oc1ccc(C=C[C@H](N)C(F)(F)F)cc1. The Labute approximate surface area is 111 Å². The van der Waals surface area contributed by atoms with Crippen molar-refractivity contribution >= 4 is 6.08 Å². The minimum Gasteiger partial charge on any atom is -0.488 e. The van der Waals surface area contributed by atoms with Crippen molar-refractivity contribution in [2.75, 3.05) is 0 Å². The van der Waals surface area contributed by atoms with Crippen molar-refractivity contribution < 1.29 is 17.9 Å². The topological polar surface area (TPSA) is 35.2 Å². The van der Waals surface area contributed by atoms with Crippen molar-refractivity contribution in [3.05, 3.63) is 35.9 Å². The summed E-state index contributed by atoms with van der Waals surface area (Å²) in [7, 11) is 0. The number of hydrogen-bond donors (Lipinski definition) is 1. The smallest absolute Gasteiger partial charge is 0.407 e. The Balaban J connectivity index is 2.70. The lowest BCUT2D eigenvalue weighted by atomic mass is 10.1. The maximum absolute atomic E-state index is 12.2. The first-order chi connectivity index (χ1) is 8.58. The normalized spacial score (nSPS) is 14.7. The number of nitrogens with two attached hydrogens (primary N) is 1. The summed E-state index contributed by atoms with van der Waals surface area (Å²) in [6.07, 6.45) is -2.13. The van der Waals surface area contributed by atoms with Crippen molar-refractivity contribution in [1.82, 2.24) is 0 Å². The van der Waals surface area contributed by atoms with Gasteiger partial charge in [0.2, 0.25) is 0 Å². The molecule has 0 radical (unpaired) electrons. The molecule has 2 N–H and O–H groups in total. The highest BCUT2D eigenvalue weighted by molar-refractivity contribution is 5.51. The van der Waals surface area contributed by atoms with Crippen molar-refractivity contribution in [2.45, 2.75) is 38.6 Å². The van der Waals surface area contributed by atoms with Crippen LogP contribution in [0.25, 0.3) is 6.08 Å². The van der Waals surface area contributed by atoms with Gasteiger partial charge >= 0.3 is 6.18 Å². The third-order valence-corrected chi connectivity index (χ3v) is 2.18. The number of rotatable bonds is 3. The monoisotopic (exact) mass is 273 g/mol. The molecule has 1 atom stereocenters. The number of alkyl halides is 3.